The van der Waals surface area contributed by atoms with E-state index in [1.807, 2.05) is 0 Å². The lowest BCUT2D eigenvalue weighted by Crippen LogP contribution is -2.30. The van der Waals surface area contributed by atoms with Crippen molar-refractivity contribution in [1.82, 2.24) is 4.72 Å². The molecule has 2 aromatic carbocycles. The van der Waals surface area contributed by atoms with Crippen LogP contribution in [-0.2, 0) is 14.8 Å². The molecule has 2 rings (SSSR count). The Kier molecular flexibility index (Phi) is 6.06. The van der Waals surface area contributed by atoms with Crippen molar-refractivity contribution in [3.05, 3.63) is 57.4 Å². The Morgan fingerprint density at radius 3 is 2.07 bits per heavy atom. The van der Waals surface area contributed by atoms with Gasteiger partial charge in [0.15, 0.2) is 4.90 Å². The van der Waals surface area contributed by atoms with E-state index in [1.165, 1.54) is 11.6 Å². The van der Waals surface area contributed by atoms with Crippen molar-refractivity contribution in [1.29, 1.82) is 0 Å². The zero-order valence-corrected chi connectivity index (χ0v) is 15.0. The summed E-state index contributed by atoms with van der Waals surface area (Å²) < 4.78 is 97.5. The van der Waals surface area contributed by atoms with Crippen molar-refractivity contribution in [3.63, 3.8) is 0 Å². The summed E-state index contributed by atoms with van der Waals surface area (Å²) in [5.74, 6) is -15.4. The van der Waals surface area contributed by atoms with Gasteiger partial charge in [-0.2, -0.15) is 8.78 Å². The Bertz CT molecular complexity index is 1090. The van der Waals surface area contributed by atoms with Gasteiger partial charge in [-0.3, -0.25) is 14.9 Å². The number of amides is 1. The Morgan fingerprint density at radius 1 is 1.07 bits per heavy atom. The van der Waals surface area contributed by atoms with E-state index in [2.05, 4.69) is 4.74 Å². The molecule has 0 bridgehead atoms. The van der Waals surface area contributed by atoms with E-state index < -0.39 is 72.0 Å². The minimum absolute atomic E-state index is 0.298. The number of halogens is 5. The second-order valence-electron chi connectivity index (χ2n) is 5.27. The summed E-state index contributed by atoms with van der Waals surface area (Å²) in [4.78, 5) is 20.1. The topological polar surface area (TPSA) is 116 Å². The van der Waals surface area contributed by atoms with Gasteiger partial charge >= 0.3 is 0 Å². The van der Waals surface area contributed by atoms with Crippen LogP contribution in [0, 0.1) is 39.2 Å². The highest BCUT2D eigenvalue weighted by Gasteiger charge is 2.30. The molecule has 156 valence electrons. The third kappa shape index (κ3) is 4.26. The number of nitro benzene ring substituents is 1. The molecule has 0 spiro atoms. The maximum atomic E-state index is 13.7. The van der Waals surface area contributed by atoms with Gasteiger partial charge in [-0.1, -0.05) is 6.92 Å². The van der Waals surface area contributed by atoms with Crippen LogP contribution in [0.4, 0.5) is 27.6 Å². The van der Waals surface area contributed by atoms with Crippen LogP contribution < -0.4 is 9.46 Å². The van der Waals surface area contributed by atoms with Gasteiger partial charge in [0, 0.05) is 18.6 Å². The first kappa shape index (κ1) is 22.0. The zero-order valence-electron chi connectivity index (χ0n) is 14.1. The number of sulfonamides is 1. The van der Waals surface area contributed by atoms with Crippen molar-refractivity contribution < 1.29 is 44.8 Å². The van der Waals surface area contributed by atoms with Crippen molar-refractivity contribution in [2.75, 3.05) is 0 Å². The third-order valence-electron chi connectivity index (χ3n) is 3.38. The highest BCUT2D eigenvalue weighted by molar-refractivity contribution is 7.90. The molecule has 0 fully saturated rings. The Morgan fingerprint density at radius 2 is 1.59 bits per heavy atom. The van der Waals surface area contributed by atoms with Gasteiger partial charge < -0.3 is 4.74 Å². The number of ether oxygens (including phenoxy) is 1. The first-order valence-corrected chi connectivity index (χ1v) is 8.92. The quantitative estimate of drug-likeness (QED) is 0.242. The van der Waals surface area contributed by atoms with Crippen molar-refractivity contribution >= 4 is 21.6 Å². The molecule has 0 aromatic heterocycles. The number of carbonyl (C=O) groups is 1. The molecule has 0 heterocycles. The molecule has 8 nitrogen and oxygen atoms in total. The van der Waals surface area contributed by atoms with E-state index in [9.17, 15) is 45.3 Å². The maximum absolute atomic E-state index is 13.7. The van der Waals surface area contributed by atoms with E-state index in [-0.39, 0.29) is 6.42 Å². The maximum Gasteiger partial charge on any atom is 0.290 e. The van der Waals surface area contributed by atoms with Crippen LogP contribution in [0.1, 0.15) is 13.3 Å². The summed E-state index contributed by atoms with van der Waals surface area (Å²) in [5.41, 5.74) is -1.04. The van der Waals surface area contributed by atoms with Gasteiger partial charge in [0.2, 0.25) is 40.7 Å². The smallest absolute Gasteiger partial charge is 0.290 e. The second kappa shape index (κ2) is 7.98. The van der Waals surface area contributed by atoms with Crippen LogP contribution in [0.25, 0.3) is 0 Å². The Balaban J connectivity index is 2.61. The molecule has 1 N–H and O–H groups in total. The van der Waals surface area contributed by atoms with E-state index in [4.69, 9.17) is 0 Å². The minimum atomic E-state index is -4.82. The predicted molar refractivity (Wildman–Crippen MR) is 85.0 cm³/mol. The molecule has 0 saturated heterocycles. The fraction of sp³-hybridized carbons (Fsp3) is 0.133. The van der Waals surface area contributed by atoms with E-state index >= 15 is 0 Å². The molecule has 14 heteroatoms. The van der Waals surface area contributed by atoms with Crippen molar-refractivity contribution in [3.8, 4) is 11.5 Å². The van der Waals surface area contributed by atoms with Crippen LogP contribution in [0.15, 0.2) is 23.1 Å². The highest BCUT2D eigenvalue weighted by Crippen LogP contribution is 2.35. The largest absolute Gasteiger partial charge is 0.451 e. The molecule has 0 unspecified atom stereocenters. The van der Waals surface area contributed by atoms with Gasteiger partial charge in [-0.05, 0) is 6.07 Å². The summed E-state index contributed by atoms with van der Waals surface area (Å²) in [6.07, 6.45) is -0.298. The van der Waals surface area contributed by atoms with E-state index in [1.54, 1.807) is 0 Å². The summed E-state index contributed by atoms with van der Waals surface area (Å²) >= 11 is 0. The van der Waals surface area contributed by atoms with Gasteiger partial charge in [0.1, 0.15) is 5.75 Å². The van der Waals surface area contributed by atoms with Gasteiger partial charge in [0.05, 0.1) is 4.92 Å². The van der Waals surface area contributed by atoms with Crippen molar-refractivity contribution in [2.24, 2.45) is 0 Å². The second-order valence-corrected chi connectivity index (χ2v) is 6.92. The average Bonchev–Trinajstić information content (AvgIpc) is 2.67. The molecule has 2 aromatic rings. The van der Waals surface area contributed by atoms with Crippen molar-refractivity contribution in [2.45, 2.75) is 18.2 Å². The van der Waals surface area contributed by atoms with Gasteiger partial charge in [-0.25, -0.2) is 26.3 Å². The first-order chi connectivity index (χ1) is 13.4. The Labute approximate surface area is 159 Å². The van der Waals surface area contributed by atoms with E-state index in [0.717, 1.165) is 0 Å². The lowest BCUT2D eigenvalue weighted by molar-refractivity contribution is -0.387. The molecule has 1 amide bonds. The SMILES string of the molecule is CCC(=O)NS(=O)(=O)c1cc(Oc2c(F)c(F)c(F)c(F)c2F)ccc1[N+](=O)[O-]. The fourth-order valence-electron chi connectivity index (χ4n) is 1.99. The zero-order chi connectivity index (χ0) is 22.1. The molecule has 0 saturated carbocycles. The molecule has 0 atom stereocenters. The number of nitrogens with zero attached hydrogens (tertiary/aromatic N) is 1. The number of carbonyl (C=O) groups excluding carboxylic acids is 1. The minimum Gasteiger partial charge on any atom is -0.451 e. The third-order valence-corrected chi connectivity index (χ3v) is 4.78. The first-order valence-electron chi connectivity index (χ1n) is 7.44. The molecule has 0 aliphatic heterocycles. The molecule has 0 aliphatic carbocycles. The summed E-state index contributed by atoms with van der Waals surface area (Å²) in [5, 5.41) is 11.1. The average molecular weight is 440 g/mol. The molecular formula is C15H9F5N2O6S. The van der Waals surface area contributed by atoms with Crippen LogP contribution in [0.2, 0.25) is 0 Å². The number of hydrogen-bond acceptors (Lipinski definition) is 6. The van der Waals surface area contributed by atoms with Crippen LogP contribution in [0.5, 0.6) is 11.5 Å². The molecule has 0 aliphatic rings. The number of nitro groups is 1. The summed E-state index contributed by atoms with van der Waals surface area (Å²) in [7, 11) is -4.82. The lowest BCUT2D eigenvalue weighted by atomic mass is 10.2. The monoisotopic (exact) mass is 440 g/mol. The molecular weight excluding hydrogens is 431 g/mol. The molecule has 29 heavy (non-hydrogen) atoms. The normalized spacial score (nSPS) is 11.2. The summed E-state index contributed by atoms with van der Waals surface area (Å²) in [6.45, 7) is 1.29. The van der Waals surface area contributed by atoms with Gasteiger partial charge in [-0.15, -0.1) is 0 Å². The molecule has 0 radical (unpaired) electrons. The highest BCUT2D eigenvalue weighted by atomic mass is 32.2. The number of hydrogen-bond donors (Lipinski definition) is 1. The van der Waals surface area contributed by atoms with Crippen LogP contribution in [0.3, 0.4) is 0 Å². The number of rotatable bonds is 6. The standard InChI is InChI=1S/C15H9F5N2O6S/c1-2-9(23)21-29(26,27)8-5-6(3-4-7(8)22(24)25)28-15-13(19)11(17)10(16)12(18)14(15)20/h3-5H,2H2,1H3,(H,21,23). The number of nitrogens with one attached hydrogen (secondary N) is 1. The summed E-state index contributed by atoms with van der Waals surface area (Å²) in [6, 6.07) is 1.60. The number of benzene rings is 2. The Hall–Kier alpha value is -3.29. The van der Waals surface area contributed by atoms with Gasteiger partial charge in [0.25, 0.3) is 15.7 Å². The predicted octanol–water partition coefficient (Wildman–Crippen LogP) is 3.30. The van der Waals surface area contributed by atoms with E-state index in [0.29, 0.717) is 18.2 Å². The lowest BCUT2D eigenvalue weighted by Gasteiger charge is -2.12. The van der Waals surface area contributed by atoms with Crippen LogP contribution in [-0.4, -0.2) is 19.2 Å². The van der Waals surface area contributed by atoms with Crippen LogP contribution >= 0.6 is 0 Å². The fourth-order valence-corrected chi connectivity index (χ4v) is 3.24.